The van der Waals surface area contributed by atoms with Crippen LogP contribution in [0.25, 0.3) is 0 Å². The van der Waals surface area contributed by atoms with Gasteiger partial charge in [-0.25, -0.2) is 4.79 Å². The number of carbonyl (C=O) groups is 3. The normalized spacial score (nSPS) is 13.5. The quantitative estimate of drug-likeness (QED) is 0.689. The molecule has 0 aromatic heterocycles. The third-order valence-corrected chi connectivity index (χ3v) is 5.00. The van der Waals surface area contributed by atoms with Gasteiger partial charge in [0.25, 0.3) is 5.91 Å². The number of anilines is 1. The number of nitrogens with zero attached hydrogens (tertiary/aromatic N) is 1. The summed E-state index contributed by atoms with van der Waals surface area (Å²) < 4.78 is 6.05. The van der Waals surface area contributed by atoms with Crippen molar-refractivity contribution in [3.63, 3.8) is 0 Å². The van der Waals surface area contributed by atoms with Crippen molar-refractivity contribution in [2.45, 2.75) is 26.3 Å². The summed E-state index contributed by atoms with van der Waals surface area (Å²) in [5, 5.41) is 2.73. The Morgan fingerprint density at radius 1 is 1.21 bits per heavy atom. The average Bonchev–Trinajstić information content (AvgIpc) is 3.07. The molecule has 7 heteroatoms. The van der Waals surface area contributed by atoms with Gasteiger partial charge in [0.05, 0.1) is 5.56 Å². The fourth-order valence-electron chi connectivity index (χ4n) is 3.06. The summed E-state index contributed by atoms with van der Waals surface area (Å²) >= 11 is 3.37. The molecule has 2 aromatic rings. The van der Waals surface area contributed by atoms with Gasteiger partial charge in [-0.05, 0) is 54.8 Å². The first-order valence-electron chi connectivity index (χ1n) is 9.02. The number of rotatable bonds is 6. The number of hydrogen-bond acceptors (Lipinski definition) is 4. The van der Waals surface area contributed by atoms with E-state index in [9.17, 15) is 14.4 Å². The van der Waals surface area contributed by atoms with Gasteiger partial charge in [-0.15, -0.1) is 0 Å². The van der Waals surface area contributed by atoms with Crippen LogP contribution in [0.4, 0.5) is 5.69 Å². The van der Waals surface area contributed by atoms with Crippen molar-refractivity contribution in [2.75, 3.05) is 18.5 Å². The van der Waals surface area contributed by atoms with Crippen LogP contribution in [-0.2, 0) is 20.9 Å². The Labute approximate surface area is 172 Å². The lowest BCUT2D eigenvalue weighted by atomic mass is 10.1. The molecule has 2 amide bonds. The van der Waals surface area contributed by atoms with Gasteiger partial charge < -0.3 is 15.0 Å². The molecule has 28 heavy (non-hydrogen) atoms. The van der Waals surface area contributed by atoms with Crippen LogP contribution < -0.4 is 5.32 Å². The van der Waals surface area contributed by atoms with Crippen molar-refractivity contribution in [2.24, 2.45) is 0 Å². The van der Waals surface area contributed by atoms with Gasteiger partial charge in [0.15, 0.2) is 6.61 Å². The summed E-state index contributed by atoms with van der Waals surface area (Å²) in [6.45, 7) is 2.72. The van der Waals surface area contributed by atoms with E-state index in [4.69, 9.17) is 4.74 Å². The van der Waals surface area contributed by atoms with Crippen LogP contribution in [-0.4, -0.2) is 35.8 Å². The molecule has 6 nitrogen and oxygen atoms in total. The van der Waals surface area contributed by atoms with Crippen LogP contribution in [0, 0.1) is 6.92 Å². The second-order valence-corrected chi connectivity index (χ2v) is 7.62. The maximum atomic E-state index is 12.3. The van der Waals surface area contributed by atoms with Gasteiger partial charge in [0, 0.05) is 29.7 Å². The summed E-state index contributed by atoms with van der Waals surface area (Å²) in [5.74, 6) is -0.845. The zero-order chi connectivity index (χ0) is 20.1. The fraction of sp³-hybridized carbons (Fsp3) is 0.286. The van der Waals surface area contributed by atoms with E-state index in [1.54, 1.807) is 29.2 Å². The molecule has 0 radical (unpaired) electrons. The zero-order valence-electron chi connectivity index (χ0n) is 15.5. The standard InChI is InChI=1S/C21H21BrN2O4/c1-14-10-17(22)7-8-18(14)23-19(25)13-28-21(27)16-5-2-4-15(11-16)12-24-9-3-6-20(24)26/h2,4-5,7-8,10-11H,3,6,9,12-13H2,1H3,(H,23,25). The van der Waals surface area contributed by atoms with Gasteiger partial charge in [-0.2, -0.15) is 0 Å². The van der Waals surface area contributed by atoms with E-state index < -0.39 is 11.9 Å². The highest BCUT2D eigenvalue weighted by molar-refractivity contribution is 9.10. The van der Waals surface area contributed by atoms with Gasteiger partial charge in [0.2, 0.25) is 5.91 Å². The SMILES string of the molecule is Cc1cc(Br)ccc1NC(=O)COC(=O)c1cccc(CN2CCCC2=O)c1. The highest BCUT2D eigenvalue weighted by atomic mass is 79.9. The Bertz CT molecular complexity index is 913. The van der Waals surface area contributed by atoms with Crippen molar-refractivity contribution in [3.05, 3.63) is 63.6 Å². The molecule has 146 valence electrons. The van der Waals surface area contributed by atoms with E-state index in [2.05, 4.69) is 21.2 Å². The van der Waals surface area contributed by atoms with Crippen molar-refractivity contribution < 1.29 is 19.1 Å². The number of carbonyl (C=O) groups excluding carboxylic acids is 3. The molecule has 1 saturated heterocycles. The van der Waals surface area contributed by atoms with E-state index in [-0.39, 0.29) is 12.5 Å². The Morgan fingerprint density at radius 3 is 2.75 bits per heavy atom. The highest BCUT2D eigenvalue weighted by Gasteiger charge is 2.20. The topological polar surface area (TPSA) is 75.7 Å². The molecular formula is C21H21BrN2O4. The maximum Gasteiger partial charge on any atom is 0.338 e. The number of esters is 1. The van der Waals surface area contributed by atoms with Crippen LogP contribution >= 0.6 is 15.9 Å². The average molecular weight is 445 g/mol. The summed E-state index contributed by atoms with van der Waals surface area (Å²) in [7, 11) is 0. The lowest BCUT2D eigenvalue weighted by Crippen LogP contribution is -2.24. The van der Waals surface area contributed by atoms with Gasteiger partial charge in [0.1, 0.15) is 0 Å². The summed E-state index contributed by atoms with van der Waals surface area (Å²) in [4.78, 5) is 37.9. The smallest absolute Gasteiger partial charge is 0.338 e. The Balaban J connectivity index is 1.55. The first-order valence-corrected chi connectivity index (χ1v) is 9.81. The minimum Gasteiger partial charge on any atom is -0.452 e. The monoisotopic (exact) mass is 444 g/mol. The fourth-order valence-corrected chi connectivity index (χ4v) is 3.53. The minimum atomic E-state index is -0.572. The molecule has 1 heterocycles. The Hall–Kier alpha value is -2.67. The van der Waals surface area contributed by atoms with E-state index in [1.165, 1.54) is 0 Å². The van der Waals surface area contributed by atoms with E-state index >= 15 is 0 Å². The second-order valence-electron chi connectivity index (χ2n) is 6.70. The number of benzene rings is 2. The molecule has 0 unspecified atom stereocenters. The third-order valence-electron chi connectivity index (χ3n) is 4.50. The first-order chi connectivity index (χ1) is 13.4. The molecule has 2 aromatic carbocycles. The lowest BCUT2D eigenvalue weighted by molar-refractivity contribution is -0.128. The van der Waals surface area contributed by atoms with Crippen LogP contribution in [0.15, 0.2) is 46.9 Å². The number of nitrogens with one attached hydrogen (secondary N) is 1. The number of aryl methyl sites for hydroxylation is 1. The summed E-state index contributed by atoms with van der Waals surface area (Å²) in [5.41, 5.74) is 2.79. The molecule has 3 rings (SSSR count). The molecule has 1 aliphatic rings. The van der Waals surface area contributed by atoms with Crippen molar-refractivity contribution in [3.8, 4) is 0 Å². The zero-order valence-corrected chi connectivity index (χ0v) is 17.1. The molecule has 1 fully saturated rings. The van der Waals surface area contributed by atoms with Gasteiger partial charge in [-0.1, -0.05) is 28.1 Å². The molecule has 1 N–H and O–H groups in total. The molecule has 0 bridgehead atoms. The lowest BCUT2D eigenvalue weighted by Gasteiger charge is -2.15. The van der Waals surface area contributed by atoms with E-state index in [0.29, 0.717) is 24.2 Å². The number of ether oxygens (including phenoxy) is 1. The molecule has 0 spiro atoms. The van der Waals surface area contributed by atoms with Crippen LogP contribution in [0.3, 0.4) is 0 Å². The van der Waals surface area contributed by atoms with Gasteiger partial charge in [-0.3, -0.25) is 9.59 Å². The molecular weight excluding hydrogens is 424 g/mol. The second kappa shape index (κ2) is 9.01. The first kappa shape index (κ1) is 20.1. The van der Waals surface area contributed by atoms with Crippen LogP contribution in [0.5, 0.6) is 0 Å². The molecule has 1 aliphatic heterocycles. The largest absolute Gasteiger partial charge is 0.452 e. The highest BCUT2D eigenvalue weighted by Crippen LogP contribution is 2.20. The molecule has 0 saturated carbocycles. The summed E-state index contributed by atoms with van der Waals surface area (Å²) in [6, 6.07) is 12.4. The number of hydrogen-bond donors (Lipinski definition) is 1. The minimum absolute atomic E-state index is 0.132. The predicted molar refractivity (Wildman–Crippen MR) is 109 cm³/mol. The van der Waals surface area contributed by atoms with Gasteiger partial charge >= 0.3 is 5.97 Å². The number of likely N-dealkylation sites (tertiary alicyclic amines) is 1. The van der Waals surface area contributed by atoms with Crippen LogP contribution in [0.2, 0.25) is 0 Å². The Kier molecular flexibility index (Phi) is 6.46. The number of amides is 2. The third kappa shape index (κ3) is 5.19. The summed E-state index contributed by atoms with van der Waals surface area (Å²) in [6.07, 6.45) is 1.45. The van der Waals surface area contributed by atoms with E-state index in [1.807, 2.05) is 25.1 Å². The Morgan fingerprint density at radius 2 is 2.04 bits per heavy atom. The van der Waals surface area contributed by atoms with E-state index in [0.717, 1.165) is 28.6 Å². The van der Waals surface area contributed by atoms with Crippen molar-refractivity contribution in [1.82, 2.24) is 4.90 Å². The number of halogens is 1. The van der Waals surface area contributed by atoms with Crippen molar-refractivity contribution in [1.29, 1.82) is 0 Å². The molecule has 0 aliphatic carbocycles. The van der Waals surface area contributed by atoms with Crippen molar-refractivity contribution >= 4 is 39.4 Å². The van der Waals surface area contributed by atoms with Crippen LogP contribution in [0.1, 0.15) is 34.3 Å². The maximum absolute atomic E-state index is 12.3. The predicted octanol–water partition coefficient (Wildman–Crippen LogP) is 3.68. The molecule has 0 atom stereocenters.